The summed E-state index contributed by atoms with van der Waals surface area (Å²) in [6.07, 6.45) is 9.26. The van der Waals surface area contributed by atoms with Gasteiger partial charge in [0.1, 0.15) is 5.75 Å². The maximum absolute atomic E-state index is 13.4. The molecule has 146 valence electrons. The summed E-state index contributed by atoms with van der Waals surface area (Å²) in [6.45, 7) is 0.695. The van der Waals surface area contributed by atoms with Gasteiger partial charge < -0.3 is 14.7 Å². The number of ether oxygens (including phenoxy) is 1. The van der Waals surface area contributed by atoms with Gasteiger partial charge in [0.2, 0.25) is 5.91 Å². The van der Waals surface area contributed by atoms with Crippen LogP contribution in [0.4, 0.5) is 0 Å². The molecule has 5 fully saturated rings. The van der Waals surface area contributed by atoms with Crippen molar-refractivity contribution in [2.75, 3.05) is 7.11 Å². The summed E-state index contributed by atoms with van der Waals surface area (Å²) < 4.78 is 5.25. The van der Waals surface area contributed by atoms with Crippen LogP contribution in [-0.2, 0) is 11.3 Å². The molecule has 4 heteroatoms. The zero-order chi connectivity index (χ0) is 18.6. The lowest BCUT2D eigenvalue weighted by molar-refractivity contribution is -0.172. The first kappa shape index (κ1) is 17.5. The molecule has 2 unspecified atom stereocenters. The molecule has 6 rings (SSSR count). The topological polar surface area (TPSA) is 49.8 Å². The van der Waals surface area contributed by atoms with Crippen molar-refractivity contribution in [1.82, 2.24) is 4.90 Å². The molecule has 4 nitrogen and oxygen atoms in total. The fourth-order valence-electron chi connectivity index (χ4n) is 6.77. The number of hydrogen-bond acceptors (Lipinski definition) is 3. The van der Waals surface area contributed by atoms with Crippen molar-refractivity contribution in [2.45, 2.75) is 76.0 Å². The number of hydrogen-bond donors (Lipinski definition) is 1. The third kappa shape index (κ3) is 3.37. The molecule has 0 spiro atoms. The van der Waals surface area contributed by atoms with E-state index in [0.29, 0.717) is 36.8 Å². The number of carbonyl (C=O) groups excluding carboxylic acids is 1. The van der Waals surface area contributed by atoms with Crippen molar-refractivity contribution in [2.24, 2.45) is 17.3 Å². The average molecular weight is 370 g/mol. The van der Waals surface area contributed by atoms with Crippen LogP contribution in [-0.4, -0.2) is 34.7 Å². The van der Waals surface area contributed by atoms with Gasteiger partial charge in [-0.3, -0.25) is 4.79 Å². The first-order valence-electron chi connectivity index (χ1n) is 10.6. The second-order valence-electron chi connectivity index (χ2n) is 9.96. The number of amides is 1. The zero-order valence-corrected chi connectivity index (χ0v) is 16.3. The lowest BCUT2D eigenvalue weighted by Crippen LogP contribution is -2.56. The highest BCUT2D eigenvalue weighted by Crippen LogP contribution is 2.63. The monoisotopic (exact) mass is 369 g/mol. The van der Waals surface area contributed by atoms with Gasteiger partial charge >= 0.3 is 0 Å². The number of carbonyl (C=O) groups is 1. The van der Waals surface area contributed by atoms with Crippen LogP contribution in [0, 0.1) is 17.3 Å². The van der Waals surface area contributed by atoms with Crippen LogP contribution in [0.3, 0.4) is 0 Å². The summed E-state index contributed by atoms with van der Waals surface area (Å²) >= 11 is 0. The minimum Gasteiger partial charge on any atom is -0.497 e. The lowest BCUT2D eigenvalue weighted by Gasteiger charge is -2.60. The molecule has 1 aromatic rings. The Kier molecular flexibility index (Phi) is 4.05. The molecule has 1 N–H and O–H groups in total. The molecule has 4 atom stereocenters. The van der Waals surface area contributed by atoms with E-state index >= 15 is 0 Å². The summed E-state index contributed by atoms with van der Waals surface area (Å²) in [7, 11) is 1.68. The van der Waals surface area contributed by atoms with Crippen molar-refractivity contribution in [3.8, 4) is 5.75 Å². The van der Waals surface area contributed by atoms with E-state index in [9.17, 15) is 9.90 Å². The van der Waals surface area contributed by atoms with Crippen molar-refractivity contribution >= 4 is 5.91 Å². The van der Waals surface area contributed by atoms with E-state index in [2.05, 4.69) is 17.0 Å². The SMILES string of the molecule is COc1ccc(CN(C(=O)CC23C[C@@H]4C[C@@H](CC(O)(C4)C2)C3)C2CC2)cc1. The highest BCUT2D eigenvalue weighted by molar-refractivity contribution is 5.78. The Hall–Kier alpha value is -1.55. The Morgan fingerprint density at radius 3 is 2.37 bits per heavy atom. The fourth-order valence-corrected chi connectivity index (χ4v) is 6.77. The molecular weight excluding hydrogens is 338 g/mol. The summed E-state index contributed by atoms with van der Waals surface area (Å²) in [5.74, 6) is 2.43. The molecule has 0 aliphatic heterocycles. The Morgan fingerprint density at radius 2 is 1.81 bits per heavy atom. The molecule has 5 aliphatic rings. The minimum absolute atomic E-state index is 0.0585. The maximum Gasteiger partial charge on any atom is 0.223 e. The standard InChI is InChI=1S/C23H31NO3/c1-27-20-6-2-16(3-7-20)14-24(19-4-5-19)21(25)13-22-9-17-8-18(10-22)12-23(26,11-17)15-22/h2-3,6-7,17-19,26H,4-5,8-15H2,1H3/t17-,18+,22?,23?. The molecule has 0 radical (unpaired) electrons. The first-order chi connectivity index (χ1) is 13.0. The zero-order valence-electron chi connectivity index (χ0n) is 16.3. The highest BCUT2D eigenvalue weighted by Gasteiger charge is 2.57. The van der Waals surface area contributed by atoms with Crippen LogP contribution in [0.2, 0.25) is 0 Å². The van der Waals surface area contributed by atoms with E-state index in [1.165, 1.54) is 12.0 Å². The van der Waals surface area contributed by atoms with Crippen molar-refractivity contribution in [3.05, 3.63) is 29.8 Å². The van der Waals surface area contributed by atoms with E-state index in [1.807, 2.05) is 12.1 Å². The van der Waals surface area contributed by atoms with Crippen molar-refractivity contribution in [3.63, 3.8) is 0 Å². The predicted octanol–water partition coefficient (Wildman–Crippen LogP) is 3.91. The van der Waals surface area contributed by atoms with E-state index in [0.717, 1.165) is 50.7 Å². The molecule has 1 aromatic carbocycles. The van der Waals surface area contributed by atoms with Crippen molar-refractivity contribution in [1.29, 1.82) is 0 Å². The second kappa shape index (κ2) is 6.23. The van der Waals surface area contributed by atoms with Crippen LogP contribution < -0.4 is 4.74 Å². The summed E-state index contributed by atoms with van der Waals surface area (Å²) in [5.41, 5.74) is 0.744. The van der Waals surface area contributed by atoms with E-state index in [4.69, 9.17) is 4.74 Å². The average Bonchev–Trinajstić information content (AvgIpc) is 3.42. The molecule has 5 saturated carbocycles. The smallest absolute Gasteiger partial charge is 0.223 e. The Balaban J connectivity index is 1.31. The summed E-state index contributed by atoms with van der Waals surface area (Å²) in [4.78, 5) is 15.5. The number of aliphatic hydroxyl groups is 1. The quantitative estimate of drug-likeness (QED) is 0.827. The minimum atomic E-state index is -0.481. The van der Waals surface area contributed by atoms with Crippen LogP contribution >= 0.6 is 0 Å². The lowest BCUT2D eigenvalue weighted by atomic mass is 9.47. The fraction of sp³-hybridized carbons (Fsp3) is 0.696. The van der Waals surface area contributed by atoms with Gasteiger partial charge in [0.15, 0.2) is 0 Å². The maximum atomic E-state index is 13.4. The van der Waals surface area contributed by atoms with E-state index in [1.54, 1.807) is 7.11 Å². The Labute approximate surface area is 161 Å². The van der Waals surface area contributed by atoms with Crippen molar-refractivity contribution < 1.29 is 14.6 Å². The van der Waals surface area contributed by atoms with Gasteiger partial charge in [-0.15, -0.1) is 0 Å². The molecule has 1 amide bonds. The normalized spacial score (nSPS) is 36.7. The Bertz CT molecular complexity index is 710. The number of rotatable bonds is 6. The van der Waals surface area contributed by atoms with Gasteiger partial charge in [0.25, 0.3) is 0 Å². The van der Waals surface area contributed by atoms with Gasteiger partial charge in [0.05, 0.1) is 12.7 Å². The first-order valence-corrected chi connectivity index (χ1v) is 10.6. The summed E-state index contributed by atoms with van der Waals surface area (Å²) in [5, 5.41) is 11.0. The molecule has 4 bridgehead atoms. The van der Waals surface area contributed by atoms with Gasteiger partial charge in [-0.1, -0.05) is 12.1 Å². The third-order valence-corrected chi connectivity index (χ3v) is 7.50. The highest BCUT2D eigenvalue weighted by atomic mass is 16.5. The van der Waals surface area contributed by atoms with Crippen LogP contribution in [0.25, 0.3) is 0 Å². The third-order valence-electron chi connectivity index (χ3n) is 7.50. The molecule has 0 aromatic heterocycles. The van der Waals surface area contributed by atoms with Gasteiger partial charge in [-0.2, -0.15) is 0 Å². The van der Waals surface area contributed by atoms with E-state index < -0.39 is 5.60 Å². The molecule has 0 saturated heterocycles. The van der Waals surface area contributed by atoms with Gasteiger partial charge in [0, 0.05) is 19.0 Å². The molecule has 27 heavy (non-hydrogen) atoms. The number of benzene rings is 1. The second-order valence-corrected chi connectivity index (χ2v) is 9.96. The van der Waals surface area contributed by atoms with Gasteiger partial charge in [-0.05, 0) is 86.3 Å². The van der Waals surface area contributed by atoms with Gasteiger partial charge in [-0.25, -0.2) is 0 Å². The van der Waals surface area contributed by atoms with Crippen LogP contribution in [0.15, 0.2) is 24.3 Å². The van der Waals surface area contributed by atoms with E-state index in [-0.39, 0.29) is 5.41 Å². The number of methoxy groups -OCH3 is 1. The predicted molar refractivity (Wildman–Crippen MR) is 103 cm³/mol. The molecule has 0 heterocycles. The summed E-state index contributed by atoms with van der Waals surface area (Å²) in [6, 6.07) is 8.49. The van der Waals surface area contributed by atoms with Crippen LogP contribution in [0.5, 0.6) is 5.75 Å². The molecule has 5 aliphatic carbocycles. The number of nitrogens with zero attached hydrogens (tertiary/aromatic N) is 1. The molecular formula is C23H31NO3. The largest absolute Gasteiger partial charge is 0.497 e. The Morgan fingerprint density at radius 1 is 1.15 bits per heavy atom. The van der Waals surface area contributed by atoms with Crippen LogP contribution in [0.1, 0.15) is 63.4 Å².